The fourth-order valence-electron chi connectivity index (χ4n) is 2.44. The zero-order valence-electron chi connectivity index (χ0n) is 10.6. The van der Waals surface area contributed by atoms with Crippen LogP contribution in [0.3, 0.4) is 0 Å². The molecule has 2 rings (SSSR count). The third-order valence-corrected chi connectivity index (χ3v) is 5.70. The standard InChI is InChI=1S/C14H19BrClNS/c1-2-17-13(14-4-3-7-18-14)8-10-5-6-11(15)9-12(10)16/h5-6,9,13-14,17H,2-4,7-8H2,1H3. The summed E-state index contributed by atoms with van der Waals surface area (Å²) in [6, 6.07) is 6.74. The van der Waals surface area contributed by atoms with Crippen LogP contribution in [-0.2, 0) is 6.42 Å². The number of halogens is 2. The van der Waals surface area contributed by atoms with E-state index in [-0.39, 0.29) is 0 Å². The van der Waals surface area contributed by atoms with Crippen molar-refractivity contribution < 1.29 is 0 Å². The highest BCUT2D eigenvalue weighted by Gasteiger charge is 2.25. The molecule has 2 atom stereocenters. The van der Waals surface area contributed by atoms with E-state index in [0.29, 0.717) is 6.04 Å². The number of benzene rings is 1. The molecule has 0 spiro atoms. The van der Waals surface area contributed by atoms with Gasteiger partial charge >= 0.3 is 0 Å². The minimum atomic E-state index is 0.543. The second-order valence-electron chi connectivity index (χ2n) is 4.66. The van der Waals surface area contributed by atoms with Crippen LogP contribution in [-0.4, -0.2) is 23.6 Å². The number of rotatable bonds is 5. The Labute approximate surface area is 127 Å². The minimum absolute atomic E-state index is 0.543. The van der Waals surface area contributed by atoms with Gasteiger partial charge in [0.2, 0.25) is 0 Å². The molecular formula is C14H19BrClNS. The Morgan fingerprint density at radius 1 is 1.56 bits per heavy atom. The van der Waals surface area contributed by atoms with Crippen LogP contribution in [0.25, 0.3) is 0 Å². The highest BCUT2D eigenvalue weighted by atomic mass is 79.9. The Hall–Kier alpha value is 0.300. The van der Waals surface area contributed by atoms with Crippen LogP contribution < -0.4 is 5.32 Å². The van der Waals surface area contributed by atoms with E-state index in [2.05, 4.69) is 52.1 Å². The molecule has 0 bridgehead atoms. The molecule has 1 fully saturated rings. The van der Waals surface area contributed by atoms with Crippen LogP contribution in [0.15, 0.2) is 22.7 Å². The highest BCUT2D eigenvalue weighted by Crippen LogP contribution is 2.31. The van der Waals surface area contributed by atoms with Crippen molar-refractivity contribution in [2.75, 3.05) is 12.3 Å². The number of hydrogen-bond donors (Lipinski definition) is 1. The molecule has 0 aliphatic carbocycles. The summed E-state index contributed by atoms with van der Waals surface area (Å²) in [7, 11) is 0. The van der Waals surface area contributed by atoms with Crippen molar-refractivity contribution in [2.24, 2.45) is 0 Å². The van der Waals surface area contributed by atoms with E-state index in [1.165, 1.54) is 24.2 Å². The molecule has 4 heteroatoms. The summed E-state index contributed by atoms with van der Waals surface area (Å²) in [5.41, 5.74) is 1.25. The Kier molecular flexibility index (Phi) is 5.87. The van der Waals surface area contributed by atoms with E-state index in [4.69, 9.17) is 11.6 Å². The molecule has 0 aromatic heterocycles. The van der Waals surface area contributed by atoms with Crippen molar-refractivity contribution in [3.8, 4) is 0 Å². The van der Waals surface area contributed by atoms with Gasteiger partial charge in [-0.2, -0.15) is 11.8 Å². The van der Waals surface area contributed by atoms with Crippen LogP contribution in [0.5, 0.6) is 0 Å². The second kappa shape index (κ2) is 7.18. The molecule has 1 nitrogen and oxygen atoms in total. The Balaban J connectivity index is 2.07. The number of thioether (sulfide) groups is 1. The Bertz CT molecular complexity index is 393. The molecule has 1 aliphatic rings. The lowest BCUT2D eigenvalue weighted by Gasteiger charge is -2.24. The van der Waals surface area contributed by atoms with Gasteiger partial charge in [0.05, 0.1) is 0 Å². The molecule has 0 radical (unpaired) electrons. The summed E-state index contributed by atoms with van der Waals surface area (Å²) >= 11 is 11.9. The predicted octanol–water partition coefficient (Wildman–Crippen LogP) is 4.52. The lowest BCUT2D eigenvalue weighted by molar-refractivity contribution is 0.495. The zero-order valence-corrected chi connectivity index (χ0v) is 13.7. The molecule has 1 N–H and O–H groups in total. The van der Waals surface area contributed by atoms with Crippen molar-refractivity contribution in [1.29, 1.82) is 0 Å². The van der Waals surface area contributed by atoms with E-state index in [1.54, 1.807) is 0 Å². The number of likely N-dealkylation sites (N-methyl/N-ethyl adjacent to an activating group) is 1. The van der Waals surface area contributed by atoms with E-state index in [0.717, 1.165) is 27.7 Å². The maximum atomic E-state index is 6.32. The topological polar surface area (TPSA) is 12.0 Å². The summed E-state index contributed by atoms with van der Waals surface area (Å²) in [4.78, 5) is 0. The first-order valence-corrected chi connectivity index (χ1v) is 8.71. The summed E-state index contributed by atoms with van der Waals surface area (Å²) in [5.74, 6) is 1.31. The summed E-state index contributed by atoms with van der Waals surface area (Å²) in [5, 5.41) is 5.23. The van der Waals surface area contributed by atoms with Gasteiger partial charge in [-0.25, -0.2) is 0 Å². The first kappa shape index (κ1) is 14.7. The summed E-state index contributed by atoms with van der Waals surface area (Å²) < 4.78 is 1.05. The fourth-order valence-corrected chi connectivity index (χ4v) is 4.59. The van der Waals surface area contributed by atoms with Crippen LogP contribution in [0.4, 0.5) is 0 Å². The van der Waals surface area contributed by atoms with Gasteiger partial charge in [0.15, 0.2) is 0 Å². The molecule has 0 saturated carbocycles. The number of hydrogen-bond acceptors (Lipinski definition) is 2. The van der Waals surface area contributed by atoms with Gasteiger partial charge in [0, 0.05) is 20.8 Å². The normalized spacial score (nSPS) is 21.2. The van der Waals surface area contributed by atoms with E-state index in [1.807, 2.05) is 6.07 Å². The van der Waals surface area contributed by atoms with Gasteiger partial charge in [-0.05, 0) is 49.3 Å². The van der Waals surface area contributed by atoms with Crippen molar-refractivity contribution in [3.05, 3.63) is 33.3 Å². The SMILES string of the molecule is CCNC(Cc1ccc(Br)cc1Cl)C1CCCS1. The van der Waals surface area contributed by atoms with Crippen molar-refractivity contribution >= 4 is 39.3 Å². The summed E-state index contributed by atoms with van der Waals surface area (Å²) in [6.45, 7) is 3.20. The average molecular weight is 349 g/mol. The molecule has 2 unspecified atom stereocenters. The van der Waals surface area contributed by atoms with Crippen LogP contribution >= 0.6 is 39.3 Å². The maximum Gasteiger partial charge on any atom is 0.0449 e. The second-order valence-corrected chi connectivity index (χ2v) is 7.33. The predicted molar refractivity (Wildman–Crippen MR) is 85.8 cm³/mol. The zero-order chi connectivity index (χ0) is 13.0. The first-order chi connectivity index (χ1) is 8.70. The molecule has 1 aromatic carbocycles. The molecule has 0 amide bonds. The monoisotopic (exact) mass is 347 g/mol. The Morgan fingerprint density at radius 3 is 3.00 bits per heavy atom. The first-order valence-electron chi connectivity index (χ1n) is 6.49. The van der Waals surface area contributed by atoms with Gasteiger partial charge in [-0.15, -0.1) is 0 Å². The van der Waals surface area contributed by atoms with E-state index >= 15 is 0 Å². The lowest BCUT2D eigenvalue weighted by atomic mass is 10.0. The van der Waals surface area contributed by atoms with Crippen LogP contribution in [0.1, 0.15) is 25.3 Å². The molecule has 1 heterocycles. The van der Waals surface area contributed by atoms with Gasteiger partial charge in [0.25, 0.3) is 0 Å². The maximum absolute atomic E-state index is 6.32. The van der Waals surface area contributed by atoms with E-state index < -0.39 is 0 Å². The Morgan fingerprint density at radius 2 is 2.39 bits per heavy atom. The van der Waals surface area contributed by atoms with Crippen LogP contribution in [0.2, 0.25) is 5.02 Å². The number of nitrogens with one attached hydrogen (secondary N) is 1. The molecular weight excluding hydrogens is 330 g/mol. The van der Waals surface area contributed by atoms with Gasteiger partial charge in [-0.3, -0.25) is 0 Å². The van der Waals surface area contributed by atoms with Gasteiger partial charge in [-0.1, -0.05) is 40.5 Å². The summed E-state index contributed by atoms with van der Waals surface area (Å²) in [6.07, 6.45) is 3.71. The lowest BCUT2D eigenvalue weighted by Crippen LogP contribution is -2.38. The molecule has 1 saturated heterocycles. The van der Waals surface area contributed by atoms with Crippen molar-refractivity contribution in [2.45, 2.75) is 37.5 Å². The third-order valence-electron chi connectivity index (χ3n) is 3.33. The van der Waals surface area contributed by atoms with Crippen molar-refractivity contribution in [3.63, 3.8) is 0 Å². The van der Waals surface area contributed by atoms with E-state index in [9.17, 15) is 0 Å². The molecule has 100 valence electrons. The third kappa shape index (κ3) is 3.89. The quantitative estimate of drug-likeness (QED) is 0.839. The van der Waals surface area contributed by atoms with Gasteiger partial charge in [0.1, 0.15) is 0 Å². The fraction of sp³-hybridized carbons (Fsp3) is 0.571. The van der Waals surface area contributed by atoms with Crippen molar-refractivity contribution in [1.82, 2.24) is 5.32 Å². The van der Waals surface area contributed by atoms with Gasteiger partial charge < -0.3 is 5.32 Å². The largest absolute Gasteiger partial charge is 0.313 e. The molecule has 1 aromatic rings. The minimum Gasteiger partial charge on any atom is -0.313 e. The highest BCUT2D eigenvalue weighted by molar-refractivity contribution is 9.10. The van der Waals surface area contributed by atoms with Crippen LogP contribution in [0, 0.1) is 0 Å². The average Bonchev–Trinajstić information content (AvgIpc) is 2.85. The smallest absolute Gasteiger partial charge is 0.0449 e. The molecule has 1 aliphatic heterocycles. The molecule has 18 heavy (non-hydrogen) atoms.